The second kappa shape index (κ2) is 6.99. The first kappa shape index (κ1) is 16.6. The van der Waals surface area contributed by atoms with Crippen molar-refractivity contribution in [3.05, 3.63) is 33.8 Å². The predicted molar refractivity (Wildman–Crippen MR) is 85.9 cm³/mol. The highest BCUT2D eigenvalue weighted by atomic mass is 35.5. The van der Waals surface area contributed by atoms with Gasteiger partial charge in [-0.2, -0.15) is 0 Å². The Morgan fingerprint density at radius 2 is 2.00 bits per heavy atom. The highest BCUT2D eigenvalue weighted by Crippen LogP contribution is 2.37. The summed E-state index contributed by atoms with van der Waals surface area (Å²) >= 11 is 12.1. The Bertz CT molecular complexity index is 511. The number of halogens is 2. The van der Waals surface area contributed by atoms with Gasteiger partial charge < -0.3 is 5.11 Å². The molecule has 0 amide bonds. The molecule has 2 rings (SSSR count). The molecule has 1 N–H and O–H groups in total. The largest absolute Gasteiger partial charge is 0.481 e. The zero-order valence-electron chi connectivity index (χ0n) is 12.2. The number of hydrogen-bond acceptors (Lipinski definition) is 2. The van der Waals surface area contributed by atoms with Crippen molar-refractivity contribution >= 4 is 29.2 Å². The molecule has 1 aliphatic heterocycles. The van der Waals surface area contributed by atoms with Gasteiger partial charge in [0.25, 0.3) is 0 Å². The van der Waals surface area contributed by atoms with Crippen LogP contribution in [0.3, 0.4) is 0 Å². The first-order valence-corrected chi connectivity index (χ1v) is 8.12. The van der Waals surface area contributed by atoms with Crippen LogP contribution in [0.25, 0.3) is 0 Å². The lowest BCUT2D eigenvalue weighted by molar-refractivity contribution is -0.152. The number of carbonyl (C=O) groups is 1. The van der Waals surface area contributed by atoms with Gasteiger partial charge >= 0.3 is 5.97 Å². The number of piperidine rings is 1. The molecule has 21 heavy (non-hydrogen) atoms. The molecule has 3 nitrogen and oxygen atoms in total. The molecule has 0 radical (unpaired) electrons. The van der Waals surface area contributed by atoms with E-state index in [1.54, 1.807) is 6.07 Å². The van der Waals surface area contributed by atoms with E-state index in [-0.39, 0.29) is 0 Å². The fourth-order valence-corrected chi connectivity index (χ4v) is 3.55. The van der Waals surface area contributed by atoms with E-state index < -0.39 is 11.4 Å². The summed E-state index contributed by atoms with van der Waals surface area (Å²) in [5.41, 5.74) is 0.508. The summed E-state index contributed by atoms with van der Waals surface area (Å²) in [6.45, 7) is 4.39. The molecule has 0 saturated carbocycles. The maximum Gasteiger partial charge on any atom is 0.309 e. The molecule has 1 heterocycles. The molecular weight excluding hydrogens is 309 g/mol. The van der Waals surface area contributed by atoms with Crippen LogP contribution in [0.4, 0.5) is 0 Å². The normalized spacial score (nSPS) is 18.6. The molecule has 0 atom stereocenters. The molecule has 0 spiro atoms. The van der Waals surface area contributed by atoms with Gasteiger partial charge in [0.05, 0.1) is 5.41 Å². The SMILES string of the molecule is CCCC1(C(=O)O)CCN(Cc2ccc(Cl)cc2Cl)CC1. The highest BCUT2D eigenvalue weighted by molar-refractivity contribution is 6.35. The van der Waals surface area contributed by atoms with Crippen LogP contribution in [0.15, 0.2) is 18.2 Å². The Hall–Kier alpha value is -0.770. The number of benzene rings is 1. The maximum atomic E-state index is 11.6. The minimum atomic E-state index is -0.645. The summed E-state index contributed by atoms with van der Waals surface area (Å²) in [5.74, 6) is -0.645. The number of carboxylic acid groups (broad SMARTS) is 1. The van der Waals surface area contributed by atoms with Crippen molar-refractivity contribution in [2.45, 2.75) is 39.2 Å². The maximum absolute atomic E-state index is 11.6. The van der Waals surface area contributed by atoms with Crippen molar-refractivity contribution in [3.8, 4) is 0 Å². The minimum Gasteiger partial charge on any atom is -0.481 e. The predicted octanol–water partition coefficient (Wildman–Crippen LogP) is 4.46. The second-order valence-electron chi connectivity index (χ2n) is 5.85. The standard InChI is InChI=1S/C16H21Cl2NO2/c1-2-5-16(15(20)21)6-8-19(9-7-16)11-12-3-4-13(17)10-14(12)18/h3-4,10H,2,5-9,11H2,1H3,(H,20,21). The average molecular weight is 330 g/mol. The first-order chi connectivity index (χ1) is 9.97. The van der Waals surface area contributed by atoms with Crippen molar-refractivity contribution < 1.29 is 9.90 Å². The molecule has 1 fully saturated rings. The molecule has 1 saturated heterocycles. The van der Waals surface area contributed by atoms with E-state index in [9.17, 15) is 9.90 Å². The Morgan fingerprint density at radius 3 is 2.52 bits per heavy atom. The topological polar surface area (TPSA) is 40.5 Å². The van der Waals surface area contributed by atoms with Crippen LogP contribution >= 0.6 is 23.2 Å². The zero-order chi connectivity index (χ0) is 15.5. The van der Waals surface area contributed by atoms with Gasteiger partial charge in [-0.15, -0.1) is 0 Å². The highest BCUT2D eigenvalue weighted by Gasteiger charge is 2.40. The Labute approximate surface area is 135 Å². The van der Waals surface area contributed by atoms with E-state index in [0.717, 1.165) is 38.0 Å². The molecule has 0 unspecified atom stereocenters. The molecule has 116 valence electrons. The van der Waals surface area contributed by atoms with E-state index in [4.69, 9.17) is 23.2 Å². The van der Waals surface area contributed by atoms with Crippen molar-refractivity contribution in [2.24, 2.45) is 5.41 Å². The molecule has 1 aliphatic rings. The number of nitrogens with zero attached hydrogens (tertiary/aromatic N) is 1. The summed E-state index contributed by atoms with van der Waals surface area (Å²) in [4.78, 5) is 13.8. The molecule has 0 aromatic heterocycles. The summed E-state index contributed by atoms with van der Waals surface area (Å²) in [6, 6.07) is 5.53. The van der Waals surface area contributed by atoms with E-state index in [2.05, 4.69) is 4.90 Å². The van der Waals surface area contributed by atoms with Crippen molar-refractivity contribution in [1.82, 2.24) is 4.90 Å². The quantitative estimate of drug-likeness (QED) is 0.866. The Balaban J connectivity index is 1.99. The van der Waals surface area contributed by atoms with Crippen LogP contribution in [0.2, 0.25) is 10.0 Å². The monoisotopic (exact) mass is 329 g/mol. The zero-order valence-corrected chi connectivity index (χ0v) is 13.8. The van der Waals surface area contributed by atoms with Gasteiger partial charge in [0, 0.05) is 16.6 Å². The van der Waals surface area contributed by atoms with Gasteiger partial charge in [-0.3, -0.25) is 9.69 Å². The molecule has 1 aromatic rings. The third-order valence-corrected chi connectivity index (χ3v) is 4.99. The van der Waals surface area contributed by atoms with Gasteiger partial charge in [-0.1, -0.05) is 42.6 Å². The van der Waals surface area contributed by atoms with Gasteiger partial charge in [-0.25, -0.2) is 0 Å². The summed E-state index contributed by atoms with van der Waals surface area (Å²) in [6.07, 6.45) is 3.09. The average Bonchev–Trinajstić information content (AvgIpc) is 2.44. The summed E-state index contributed by atoms with van der Waals surface area (Å²) < 4.78 is 0. The number of rotatable bonds is 5. The van der Waals surface area contributed by atoms with Gasteiger partial charge in [0.15, 0.2) is 0 Å². The van der Waals surface area contributed by atoms with Crippen LogP contribution in [-0.4, -0.2) is 29.1 Å². The van der Waals surface area contributed by atoms with Crippen LogP contribution in [-0.2, 0) is 11.3 Å². The smallest absolute Gasteiger partial charge is 0.309 e. The van der Waals surface area contributed by atoms with E-state index in [0.29, 0.717) is 22.9 Å². The molecule has 0 bridgehead atoms. The number of likely N-dealkylation sites (tertiary alicyclic amines) is 1. The van der Waals surface area contributed by atoms with Crippen molar-refractivity contribution in [1.29, 1.82) is 0 Å². The van der Waals surface area contributed by atoms with Crippen LogP contribution in [0.5, 0.6) is 0 Å². The minimum absolute atomic E-state index is 0.533. The third kappa shape index (κ3) is 3.91. The molecule has 5 heteroatoms. The Kier molecular flexibility index (Phi) is 5.53. The molecule has 1 aromatic carbocycles. The van der Waals surface area contributed by atoms with Crippen molar-refractivity contribution in [2.75, 3.05) is 13.1 Å². The number of aliphatic carboxylic acids is 1. The molecule has 0 aliphatic carbocycles. The van der Waals surface area contributed by atoms with Gasteiger partial charge in [-0.05, 0) is 50.0 Å². The Morgan fingerprint density at radius 1 is 1.33 bits per heavy atom. The fraction of sp³-hybridized carbons (Fsp3) is 0.562. The van der Waals surface area contributed by atoms with Crippen LogP contribution < -0.4 is 0 Å². The summed E-state index contributed by atoms with van der Waals surface area (Å²) in [7, 11) is 0. The number of carboxylic acids is 1. The second-order valence-corrected chi connectivity index (χ2v) is 6.69. The fourth-order valence-electron chi connectivity index (χ4n) is 3.08. The lowest BCUT2D eigenvalue weighted by atomic mass is 9.75. The summed E-state index contributed by atoms with van der Waals surface area (Å²) in [5, 5.41) is 10.8. The first-order valence-electron chi connectivity index (χ1n) is 7.36. The van der Waals surface area contributed by atoms with E-state index in [1.165, 1.54) is 0 Å². The molecular formula is C16H21Cl2NO2. The van der Waals surface area contributed by atoms with Gasteiger partial charge in [0.1, 0.15) is 0 Å². The van der Waals surface area contributed by atoms with Crippen molar-refractivity contribution in [3.63, 3.8) is 0 Å². The van der Waals surface area contributed by atoms with Gasteiger partial charge in [0.2, 0.25) is 0 Å². The lowest BCUT2D eigenvalue weighted by Crippen LogP contribution is -2.44. The number of hydrogen-bond donors (Lipinski definition) is 1. The van der Waals surface area contributed by atoms with E-state index in [1.807, 2.05) is 19.1 Å². The van der Waals surface area contributed by atoms with E-state index >= 15 is 0 Å². The van der Waals surface area contributed by atoms with Crippen LogP contribution in [0, 0.1) is 5.41 Å². The third-order valence-electron chi connectivity index (χ3n) is 4.40. The lowest BCUT2D eigenvalue weighted by Gasteiger charge is -2.39. The van der Waals surface area contributed by atoms with Crippen LogP contribution in [0.1, 0.15) is 38.2 Å².